The molecule has 1 rings (SSSR count). The number of hydrogen-bond acceptors (Lipinski definition) is 2. The van der Waals surface area contributed by atoms with E-state index in [0.717, 1.165) is 11.9 Å². The summed E-state index contributed by atoms with van der Waals surface area (Å²) in [5, 5.41) is 1.09. The number of rotatable bonds is 5. The largest absolute Gasteiger partial charge is 0.468 e. The number of nitrogens with zero attached hydrogens (tertiary/aromatic N) is 1. The van der Waals surface area contributed by atoms with Gasteiger partial charge < -0.3 is 9.30 Å². The second-order valence-electron chi connectivity index (χ2n) is 2.51. The van der Waals surface area contributed by atoms with Gasteiger partial charge in [0.05, 0.1) is 6.61 Å². The number of halogens is 1. The summed E-state index contributed by atoms with van der Waals surface area (Å²) in [6, 6.07) is 4.10. The normalized spacial score (nSPS) is 8.71. The molecule has 14 heavy (non-hydrogen) atoms. The summed E-state index contributed by atoms with van der Waals surface area (Å²) in [6.45, 7) is 3.79. The van der Waals surface area contributed by atoms with Crippen LogP contribution in [-0.4, -0.2) is 23.0 Å². The van der Waals surface area contributed by atoms with E-state index in [2.05, 4.69) is 37.6 Å². The van der Waals surface area contributed by atoms with Gasteiger partial charge in [-0.3, -0.25) is 4.79 Å². The van der Waals surface area contributed by atoms with Crippen molar-refractivity contribution in [2.24, 2.45) is 0 Å². The Hall–Kier alpha value is -0.770. The maximum atomic E-state index is 9.18. The van der Waals surface area contributed by atoms with Crippen molar-refractivity contribution in [1.29, 1.82) is 0 Å². The molecule has 1 heterocycles. The van der Waals surface area contributed by atoms with E-state index < -0.39 is 0 Å². The van der Waals surface area contributed by atoms with Crippen molar-refractivity contribution < 1.29 is 9.53 Å². The molecule has 0 unspecified atom stereocenters. The third kappa shape index (κ3) is 7.86. The van der Waals surface area contributed by atoms with Gasteiger partial charge >= 0.3 is 0 Å². The summed E-state index contributed by atoms with van der Waals surface area (Å²) < 4.78 is 6.33. The SMILES string of the molecule is BrCCCn1cccc1.CCOC=O. The number of hydrogen-bond donors (Lipinski definition) is 0. The molecule has 80 valence electrons. The molecule has 1 aromatic rings. The highest BCUT2D eigenvalue weighted by atomic mass is 79.9. The molecule has 0 radical (unpaired) electrons. The minimum atomic E-state index is 0.431. The minimum absolute atomic E-state index is 0.431. The molecule has 0 spiro atoms. The smallest absolute Gasteiger partial charge is 0.293 e. The zero-order valence-electron chi connectivity index (χ0n) is 8.36. The molecule has 0 atom stereocenters. The van der Waals surface area contributed by atoms with E-state index in [1.54, 1.807) is 6.92 Å². The molecule has 0 fully saturated rings. The van der Waals surface area contributed by atoms with E-state index >= 15 is 0 Å². The van der Waals surface area contributed by atoms with Gasteiger partial charge in [-0.1, -0.05) is 15.9 Å². The van der Waals surface area contributed by atoms with Crippen molar-refractivity contribution in [2.45, 2.75) is 19.9 Å². The molecule has 3 nitrogen and oxygen atoms in total. The Bertz CT molecular complexity index is 212. The van der Waals surface area contributed by atoms with Crippen LogP contribution in [-0.2, 0) is 16.1 Å². The van der Waals surface area contributed by atoms with Gasteiger partial charge in [-0.05, 0) is 25.5 Å². The van der Waals surface area contributed by atoms with Crippen LogP contribution in [0.15, 0.2) is 24.5 Å². The predicted molar refractivity (Wildman–Crippen MR) is 60.5 cm³/mol. The van der Waals surface area contributed by atoms with Crippen LogP contribution in [0, 0.1) is 0 Å². The summed E-state index contributed by atoms with van der Waals surface area (Å²) in [4.78, 5) is 9.18. The second kappa shape index (κ2) is 10.3. The molecule has 0 bridgehead atoms. The average molecular weight is 262 g/mol. The Kier molecular flexibility index (Phi) is 9.74. The van der Waals surface area contributed by atoms with Crippen molar-refractivity contribution in [3.05, 3.63) is 24.5 Å². The fraction of sp³-hybridized carbons (Fsp3) is 0.500. The number of alkyl halides is 1. The zero-order chi connectivity index (χ0) is 10.6. The van der Waals surface area contributed by atoms with E-state index in [0.29, 0.717) is 13.1 Å². The highest BCUT2D eigenvalue weighted by Gasteiger charge is 1.85. The van der Waals surface area contributed by atoms with Crippen molar-refractivity contribution in [2.75, 3.05) is 11.9 Å². The van der Waals surface area contributed by atoms with Crippen LogP contribution in [0.25, 0.3) is 0 Å². The first kappa shape index (κ1) is 13.2. The number of carbonyl (C=O) groups is 1. The molecule has 0 N–H and O–H groups in total. The monoisotopic (exact) mass is 261 g/mol. The Morgan fingerprint density at radius 1 is 1.43 bits per heavy atom. The summed E-state index contributed by atoms with van der Waals surface area (Å²) in [5.41, 5.74) is 0. The van der Waals surface area contributed by atoms with Crippen LogP contribution >= 0.6 is 15.9 Å². The lowest BCUT2D eigenvalue weighted by molar-refractivity contribution is -0.128. The summed E-state index contributed by atoms with van der Waals surface area (Å²) in [7, 11) is 0. The van der Waals surface area contributed by atoms with Crippen molar-refractivity contribution >= 4 is 22.4 Å². The number of aryl methyl sites for hydroxylation is 1. The minimum Gasteiger partial charge on any atom is -0.468 e. The van der Waals surface area contributed by atoms with Crippen molar-refractivity contribution in [1.82, 2.24) is 4.57 Å². The number of carbonyl (C=O) groups excluding carboxylic acids is 1. The topological polar surface area (TPSA) is 31.2 Å². The fourth-order valence-electron chi connectivity index (χ4n) is 0.830. The lowest BCUT2D eigenvalue weighted by Gasteiger charge is -1.97. The number of aromatic nitrogens is 1. The Balaban J connectivity index is 0.000000292. The van der Waals surface area contributed by atoms with Crippen LogP contribution in [0.3, 0.4) is 0 Å². The first-order chi connectivity index (χ1) is 6.85. The zero-order valence-corrected chi connectivity index (χ0v) is 9.94. The van der Waals surface area contributed by atoms with E-state index in [-0.39, 0.29) is 0 Å². The van der Waals surface area contributed by atoms with E-state index in [1.165, 1.54) is 6.42 Å². The van der Waals surface area contributed by atoms with Gasteiger partial charge in [-0.2, -0.15) is 0 Å². The van der Waals surface area contributed by atoms with E-state index in [4.69, 9.17) is 0 Å². The molecule has 1 aromatic heterocycles. The predicted octanol–water partition coefficient (Wildman–Crippen LogP) is 2.45. The maximum Gasteiger partial charge on any atom is 0.293 e. The highest BCUT2D eigenvalue weighted by molar-refractivity contribution is 9.09. The first-order valence-corrected chi connectivity index (χ1v) is 5.69. The molecule has 0 aromatic carbocycles. The van der Waals surface area contributed by atoms with Crippen LogP contribution in [0.4, 0.5) is 0 Å². The Labute approximate surface area is 93.2 Å². The molecular weight excluding hydrogens is 246 g/mol. The third-order valence-corrected chi connectivity index (χ3v) is 2.01. The highest BCUT2D eigenvalue weighted by Crippen LogP contribution is 1.94. The summed E-state index contributed by atoms with van der Waals surface area (Å²) >= 11 is 3.38. The standard InChI is InChI=1S/C7H10BrN.C3H6O2/c8-4-3-7-9-5-1-2-6-9;1-2-5-3-4/h1-2,5-6H,3-4,7H2;3H,2H2,1H3. The van der Waals surface area contributed by atoms with E-state index in [1.807, 2.05) is 12.1 Å². The van der Waals surface area contributed by atoms with Crippen LogP contribution in [0.2, 0.25) is 0 Å². The lowest BCUT2D eigenvalue weighted by Crippen LogP contribution is -1.93. The molecule has 0 saturated carbocycles. The molecule has 0 aliphatic carbocycles. The molecule has 4 heteroatoms. The molecule has 0 saturated heterocycles. The maximum absolute atomic E-state index is 9.18. The second-order valence-corrected chi connectivity index (χ2v) is 3.31. The Morgan fingerprint density at radius 3 is 2.43 bits per heavy atom. The molecule has 0 amide bonds. The van der Waals surface area contributed by atoms with Gasteiger partial charge in [-0.15, -0.1) is 0 Å². The molecule has 0 aliphatic rings. The molecule has 0 aliphatic heterocycles. The quantitative estimate of drug-likeness (QED) is 0.603. The van der Waals surface area contributed by atoms with Gasteiger partial charge in [0.2, 0.25) is 0 Å². The van der Waals surface area contributed by atoms with Gasteiger partial charge in [0, 0.05) is 24.3 Å². The Morgan fingerprint density at radius 2 is 2.07 bits per heavy atom. The van der Waals surface area contributed by atoms with E-state index in [9.17, 15) is 4.79 Å². The van der Waals surface area contributed by atoms with Crippen molar-refractivity contribution in [3.8, 4) is 0 Å². The van der Waals surface area contributed by atoms with Gasteiger partial charge in [-0.25, -0.2) is 0 Å². The fourth-order valence-corrected chi connectivity index (χ4v) is 1.08. The van der Waals surface area contributed by atoms with Crippen LogP contribution in [0.5, 0.6) is 0 Å². The average Bonchev–Trinajstić information content (AvgIpc) is 2.69. The van der Waals surface area contributed by atoms with Crippen LogP contribution in [0.1, 0.15) is 13.3 Å². The first-order valence-electron chi connectivity index (χ1n) is 4.57. The number of ether oxygens (including phenoxy) is 1. The van der Waals surface area contributed by atoms with Gasteiger partial charge in [0.25, 0.3) is 6.47 Å². The summed E-state index contributed by atoms with van der Waals surface area (Å²) in [5.74, 6) is 0. The molecular formula is C10H16BrNO2. The lowest BCUT2D eigenvalue weighted by atomic mass is 10.5. The van der Waals surface area contributed by atoms with Gasteiger partial charge in [0.15, 0.2) is 0 Å². The van der Waals surface area contributed by atoms with Crippen LogP contribution < -0.4 is 0 Å². The summed E-state index contributed by atoms with van der Waals surface area (Å²) in [6.07, 6.45) is 5.38. The third-order valence-electron chi connectivity index (χ3n) is 1.45. The van der Waals surface area contributed by atoms with Crippen molar-refractivity contribution in [3.63, 3.8) is 0 Å². The van der Waals surface area contributed by atoms with Gasteiger partial charge in [0.1, 0.15) is 0 Å².